The van der Waals surface area contributed by atoms with E-state index in [4.69, 9.17) is 4.42 Å². The molecule has 25 heavy (non-hydrogen) atoms. The number of aliphatic imine (C=N–C) groups is 1. The number of aryl methyl sites for hydroxylation is 1. The van der Waals surface area contributed by atoms with Crippen LogP contribution >= 0.6 is 0 Å². The van der Waals surface area contributed by atoms with E-state index >= 15 is 0 Å². The van der Waals surface area contributed by atoms with E-state index in [2.05, 4.69) is 37.6 Å². The lowest BCUT2D eigenvalue weighted by molar-refractivity contribution is 0.215. The summed E-state index contributed by atoms with van der Waals surface area (Å²) >= 11 is 0. The summed E-state index contributed by atoms with van der Waals surface area (Å²) in [6.45, 7) is 6.32. The first-order valence-corrected chi connectivity index (χ1v) is 8.90. The third kappa shape index (κ3) is 4.60. The van der Waals surface area contributed by atoms with E-state index in [0.29, 0.717) is 6.54 Å². The van der Waals surface area contributed by atoms with Gasteiger partial charge >= 0.3 is 0 Å². The number of guanidine groups is 1. The zero-order valence-corrected chi connectivity index (χ0v) is 15.0. The average Bonchev–Trinajstić information content (AvgIpc) is 3.36. The molecule has 2 aromatic rings. The number of hydrogen-bond donors (Lipinski definition) is 2. The van der Waals surface area contributed by atoms with Crippen LogP contribution in [0.15, 0.2) is 34.1 Å². The minimum Gasteiger partial charge on any atom is -0.468 e. The summed E-state index contributed by atoms with van der Waals surface area (Å²) in [7, 11) is 1.92. The molecule has 0 bridgehead atoms. The van der Waals surface area contributed by atoms with Gasteiger partial charge in [0.05, 0.1) is 12.3 Å². The Balaban J connectivity index is 1.64. The summed E-state index contributed by atoms with van der Waals surface area (Å²) in [5.41, 5.74) is 0. The first-order valence-electron chi connectivity index (χ1n) is 8.90. The second-order valence-corrected chi connectivity index (χ2v) is 6.21. The molecule has 0 amide bonds. The second kappa shape index (κ2) is 8.66. The number of nitrogens with one attached hydrogen (secondary N) is 2. The summed E-state index contributed by atoms with van der Waals surface area (Å²) in [6.07, 6.45) is 5.92. The average molecular weight is 345 g/mol. The fourth-order valence-corrected chi connectivity index (χ4v) is 3.08. The van der Waals surface area contributed by atoms with Gasteiger partial charge in [0, 0.05) is 20.1 Å². The molecule has 3 rings (SSSR count). The van der Waals surface area contributed by atoms with E-state index in [1.165, 1.54) is 12.8 Å². The maximum absolute atomic E-state index is 5.67. The molecule has 1 aliphatic heterocycles. The minimum absolute atomic E-state index is 0.219. The number of nitrogens with zero attached hydrogens (tertiary/aromatic N) is 5. The van der Waals surface area contributed by atoms with Crippen LogP contribution < -0.4 is 10.6 Å². The first-order chi connectivity index (χ1) is 12.3. The monoisotopic (exact) mass is 345 g/mol. The quantitative estimate of drug-likeness (QED) is 0.581. The molecule has 0 spiro atoms. The normalized spacial score (nSPS) is 17.0. The van der Waals surface area contributed by atoms with E-state index in [-0.39, 0.29) is 6.04 Å². The predicted molar refractivity (Wildman–Crippen MR) is 96.1 cm³/mol. The topological polar surface area (TPSA) is 83.5 Å². The molecule has 2 N–H and O–H groups in total. The van der Waals surface area contributed by atoms with Gasteiger partial charge in [-0.05, 0) is 45.0 Å². The van der Waals surface area contributed by atoms with Crippen LogP contribution in [-0.4, -0.2) is 51.8 Å². The SMILES string of the molecule is CCNC(=NCc1nncn1C)NCC(c1ccco1)N1CCCC1. The lowest BCUT2D eigenvalue weighted by atomic mass is 10.2. The van der Waals surface area contributed by atoms with E-state index in [0.717, 1.165) is 43.7 Å². The van der Waals surface area contributed by atoms with Crippen LogP contribution in [0, 0.1) is 0 Å². The summed E-state index contributed by atoms with van der Waals surface area (Å²) in [5, 5.41) is 14.7. The van der Waals surface area contributed by atoms with Crippen molar-refractivity contribution in [1.29, 1.82) is 0 Å². The summed E-state index contributed by atoms with van der Waals surface area (Å²) < 4.78 is 7.55. The van der Waals surface area contributed by atoms with Crippen molar-refractivity contribution in [3.05, 3.63) is 36.3 Å². The molecule has 1 saturated heterocycles. The van der Waals surface area contributed by atoms with Gasteiger partial charge in [-0.1, -0.05) is 0 Å². The third-order valence-electron chi connectivity index (χ3n) is 4.44. The Kier molecular flexibility index (Phi) is 6.05. The number of likely N-dealkylation sites (tertiary alicyclic amines) is 1. The molecule has 1 atom stereocenters. The molecule has 3 heterocycles. The molecule has 2 aromatic heterocycles. The van der Waals surface area contributed by atoms with Gasteiger partial charge in [-0.2, -0.15) is 0 Å². The van der Waals surface area contributed by atoms with E-state index in [9.17, 15) is 0 Å². The van der Waals surface area contributed by atoms with Gasteiger partial charge in [-0.15, -0.1) is 10.2 Å². The summed E-state index contributed by atoms with van der Waals surface area (Å²) in [6, 6.07) is 4.22. The van der Waals surface area contributed by atoms with Crippen LogP contribution in [0.25, 0.3) is 0 Å². The fourth-order valence-electron chi connectivity index (χ4n) is 3.08. The minimum atomic E-state index is 0.219. The van der Waals surface area contributed by atoms with Crippen LogP contribution in [0.2, 0.25) is 0 Å². The highest BCUT2D eigenvalue weighted by molar-refractivity contribution is 5.79. The van der Waals surface area contributed by atoms with Gasteiger partial charge < -0.3 is 19.6 Å². The van der Waals surface area contributed by atoms with Gasteiger partial charge in [-0.25, -0.2) is 4.99 Å². The smallest absolute Gasteiger partial charge is 0.191 e. The standard InChI is InChI=1S/C17H27N7O/c1-3-18-17(20-12-16-22-21-13-23(16)2)19-11-14(15-7-6-10-25-15)24-8-4-5-9-24/h6-7,10,13-14H,3-5,8-9,11-12H2,1-2H3,(H2,18,19,20). The van der Waals surface area contributed by atoms with E-state index in [1.807, 2.05) is 23.7 Å². The zero-order chi connectivity index (χ0) is 17.5. The van der Waals surface area contributed by atoms with Crippen molar-refractivity contribution >= 4 is 5.96 Å². The Labute approximate surface area is 148 Å². The number of rotatable bonds is 7. The largest absolute Gasteiger partial charge is 0.468 e. The summed E-state index contributed by atoms with van der Waals surface area (Å²) in [5.74, 6) is 2.61. The lowest BCUT2D eigenvalue weighted by Crippen LogP contribution is -2.42. The molecule has 0 aromatic carbocycles. The van der Waals surface area contributed by atoms with Crippen molar-refractivity contribution in [2.75, 3.05) is 26.2 Å². The highest BCUT2D eigenvalue weighted by Crippen LogP contribution is 2.24. The lowest BCUT2D eigenvalue weighted by Gasteiger charge is -2.26. The van der Waals surface area contributed by atoms with Crippen LogP contribution in [0.5, 0.6) is 0 Å². The Bertz CT molecular complexity index is 658. The first kappa shape index (κ1) is 17.5. The molecule has 0 aliphatic carbocycles. The van der Waals surface area contributed by atoms with E-state index < -0.39 is 0 Å². The third-order valence-corrected chi connectivity index (χ3v) is 4.44. The summed E-state index contributed by atoms with van der Waals surface area (Å²) in [4.78, 5) is 7.09. The Morgan fingerprint density at radius 1 is 1.36 bits per heavy atom. The molecule has 1 unspecified atom stereocenters. The number of aromatic nitrogens is 3. The number of furan rings is 1. The molecule has 1 aliphatic rings. The van der Waals surface area contributed by atoms with Crippen molar-refractivity contribution in [3.63, 3.8) is 0 Å². The molecule has 8 nitrogen and oxygen atoms in total. The zero-order valence-electron chi connectivity index (χ0n) is 15.0. The van der Waals surface area contributed by atoms with Gasteiger partial charge in [0.25, 0.3) is 0 Å². The number of hydrogen-bond acceptors (Lipinski definition) is 5. The Hall–Kier alpha value is -2.35. The van der Waals surface area contributed by atoms with Crippen molar-refractivity contribution in [2.24, 2.45) is 12.0 Å². The van der Waals surface area contributed by atoms with Crippen molar-refractivity contribution in [3.8, 4) is 0 Å². The van der Waals surface area contributed by atoms with E-state index in [1.54, 1.807) is 12.6 Å². The highest BCUT2D eigenvalue weighted by Gasteiger charge is 2.25. The van der Waals surface area contributed by atoms with Gasteiger partial charge in [0.2, 0.25) is 0 Å². The van der Waals surface area contributed by atoms with Gasteiger partial charge in [0.1, 0.15) is 18.6 Å². The van der Waals surface area contributed by atoms with Crippen molar-refractivity contribution < 1.29 is 4.42 Å². The van der Waals surface area contributed by atoms with Crippen molar-refractivity contribution in [1.82, 2.24) is 30.3 Å². The van der Waals surface area contributed by atoms with Gasteiger partial charge in [0.15, 0.2) is 11.8 Å². The van der Waals surface area contributed by atoms with Crippen LogP contribution in [0.1, 0.15) is 37.4 Å². The molecule has 0 radical (unpaired) electrons. The van der Waals surface area contributed by atoms with Crippen molar-refractivity contribution in [2.45, 2.75) is 32.4 Å². The fraction of sp³-hybridized carbons (Fsp3) is 0.588. The molecular weight excluding hydrogens is 318 g/mol. The second-order valence-electron chi connectivity index (χ2n) is 6.21. The molecular formula is C17H27N7O. The van der Waals surface area contributed by atoms with Crippen LogP contribution in [0.3, 0.4) is 0 Å². The molecule has 1 fully saturated rings. The Morgan fingerprint density at radius 3 is 2.84 bits per heavy atom. The maximum Gasteiger partial charge on any atom is 0.191 e. The van der Waals surface area contributed by atoms with Gasteiger partial charge in [-0.3, -0.25) is 4.90 Å². The maximum atomic E-state index is 5.67. The molecule has 8 heteroatoms. The highest BCUT2D eigenvalue weighted by atomic mass is 16.3. The Morgan fingerprint density at radius 2 is 2.20 bits per heavy atom. The molecule has 0 saturated carbocycles. The molecule has 136 valence electrons. The van der Waals surface area contributed by atoms with Crippen LogP contribution in [-0.2, 0) is 13.6 Å². The van der Waals surface area contributed by atoms with Crippen LogP contribution in [0.4, 0.5) is 0 Å². The predicted octanol–water partition coefficient (Wildman–Crippen LogP) is 1.30.